The Morgan fingerprint density at radius 2 is 2.04 bits per heavy atom. The summed E-state index contributed by atoms with van der Waals surface area (Å²) in [4.78, 5) is 12.2. The van der Waals surface area contributed by atoms with Gasteiger partial charge in [-0.25, -0.2) is 0 Å². The van der Waals surface area contributed by atoms with Crippen LogP contribution in [-0.2, 0) is 11.3 Å². The lowest BCUT2D eigenvalue weighted by Crippen LogP contribution is -2.40. The molecule has 23 heavy (non-hydrogen) atoms. The molecule has 0 spiro atoms. The molecule has 126 valence electrons. The second-order valence-corrected chi connectivity index (χ2v) is 5.95. The van der Waals surface area contributed by atoms with Gasteiger partial charge in [0.1, 0.15) is 10.8 Å². The highest BCUT2D eigenvalue weighted by Crippen LogP contribution is 2.57. The number of thioether (sulfide) groups is 1. The van der Waals surface area contributed by atoms with E-state index in [-0.39, 0.29) is 19.4 Å². The maximum absolute atomic E-state index is 12.8. The number of halogens is 4. The lowest BCUT2D eigenvalue weighted by Gasteiger charge is -2.18. The topological polar surface area (TPSA) is 52.9 Å². The minimum Gasteiger partial charge on any atom is -0.351 e. The number of nitrogens with zero attached hydrogens (tertiary/aromatic N) is 1. The summed E-state index contributed by atoms with van der Waals surface area (Å²) in [6.45, 7) is 3.97. The zero-order valence-corrected chi connectivity index (χ0v) is 14.2. The van der Waals surface area contributed by atoms with Crippen molar-refractivity contribution in [2.24, 2.45) is 5.41 Å². The average molecular weight is 365 g/mol. The summed E-state index contributed by atoms with van der Waals surface area (Å²) in [5.74, 6) is -1.00. The van der Waals surface area contributed by atoms with Gasteiger partial charge in [0.2, 0.25) is 5.91 Å². The number of carbonyl (C=O) groups is 1. The fraction of sp³-hybridized carbons (Fsp3) is 0.467. The van der Waals surface area contributed by atoms with E-state index < -0.39 is 17.5 Å². The van der Waals surface area contributed by atoms with E-state index in [9.17, 15) is 18.0 Å². The van der Waals surface area contributed by atoms with Crippen LogP contribution in [0.25, 0.3) is 0 Å². The Morgan fingerprint density at radius 3 is 2.52 bits per heavy atom. The van der Waals surface area contributed by atoms with E-state index in [2.05, 4.69) is 5.32 Å². The van der Waals surface area contributed by atoms with Crippen molar-refractivity contribution in [2.45, 2.75) is 44.3 Å². The number of amides is 1. The quantitative estimate of drug-likeness (QED) is 0.610. The first-order valence-electron chi connectivity index (χ1n) is 6.99. The Morgan fingerprint density at radius 1 is 1.43 bits per heavy atom. The van der Waals surface area contributed by atoms with Crippen molar-refractivity contribution in [3.63, 3.8) is 0 Å². The molecule has 1 aliphatic rings. The molecule has 1 amide bonds. The number of hydrogen-bond donors (Lipinski definition) is 1. The Bertz CT molecular complexity index is 610. The predicted molar refractivity (Wildman–Crippen MR) is 83.8 cm³/mol. The summed E-state index contributed by atoms with van der Waals surface area (Å²) < 4.78 is 38.3. The SMILES string of the molecule is CC.N#CSc1cc(CNC(=O)C2(C(F)(F)F)CC2)ccc1Cl. The monoisotopic (exact) mass is 364 g/mol. The van der Waals surface area contributed by atoms with Crippen LogP contribution in [0.5, 0.6) is 0 Å². The first-order chi connectivity index (χ1) is 10.8. The minimum atomic E-state index is -4.51. The van der Waals surface area contributed by atoms with E-state index in [0.717, 1.165) is 11.8 Å². The summed E-state index contributed by atoms with van der Waals surface area (Å²) >= 11 is 6.73. The van der Waals surface area contributed by atoms with Gasteiger partial charge in [-0.1, -0.05) is 31.5 Å². The molecule has 0 aliphatic heterocycles. The lowest BCUT2D eigenvalue weighted by atomic mass is 10.1. The number of hydrogen-bond acceptors (Lipinski definition) is 3. The molecule has 0 bridgehead atoms. The van der Waals surface area contributed by atoms with Crippen molar-refractivity contribution in [1.29, 1.82) is 5.26 Å². The van der Waals surface area contributed by atoms with Crippen LogP contribution in [0, 0.1) is 16.1 Å². The molecule has 0 saturated heterocycles. The lowest BCUT2D eigenvalue weighted by molar-refractivity contribution is -0.192. The largest absolute Gasteiger partial charge is 0.403 e. The van der Waals surface area contributed by atoms with Gasteiger partial charge in [0.15, 0.2) is 0 Å². The van der Waals surface area contributed by atoms with E-state index in [1.807, 2.05) is 19.2 Å². The fourth-order valence-corrected chi connectivity index (χ4v) is 2.61. The fourth-order valence-electron chi connectivity index (χ4n) is 1.90. The molecule has 0 unspecified atom stereocenters. The normalized spacial score (nSPS) is 15.0. The smallest absolute Gasteiger partial charge is 0.351 e. The molecule has 1 fully saturated rings. The molecule has 3 nitrogen and oxygen atoms in total. The van der Waals surface area contributed by atoms with E-state index in [4.69, 9.17) is 16.9 Å². The Labute approximate surface area is 142 Å². The Kier molecular flexibility index (Phi) is 6.78. The molecule has 1 aliphatic carbocycles. The molecule has 0 atom stereocenters. The van der Waals surface area contributed by atoms with Gasteiger partial charge in [-0.15, -0.1) is 0 Å². The zero-order chi connectivity index (χ0) is 17.7. The van der Waals surface area contributed by atoms with E-state index >= 15 is 0 Å². The molecular formula is C15H16ClF3N2OS. The number of thiocyanates is 1. The summed E-state index contributed by atoms with van der Waals surface area (Å²) in [6, 6.07) is 4.71. The Hall–Kier alpha value is -1.39. The van der Waals surface area contributed by atoms with Crippen LogP contribution < -0.4 is 5.32 Å². The standard InChI is InChI=1S/C13H10ClF3N2OS.C2H6/c14-9-2-1-8(5-10(9)21-7-18)6-19-11(20)12(3-4-12)13(15,16)17;1-2/h1-2,5H,3-4,6H2,(H,19,20);1-2H3. The molecule has 2 rings (SSSR count). The van der Waals surface area contributed by atoms with Gasteiger partial charge >= 0.3 is 6.18 Å². The first kappa shape index (κ1) is 19.7. The summed E-state index contributed by atoms with van der Waals surface area (Å²) in [5.41, 5.74) is -1.63. The number of nitrogens with one attached hydrogen (secondary N) is 1. The third-order valence-electron chi connectivity index (χ3n) is 3.33. The molecule has 1 aromatic carbocycles. The van der Waals surface area contributed by atoms with Crippen LogP contribution in [0.3, 0.4) is 0 Å². The van der Waals surface area contributed by atoms with Gasteiger partial charge in [-0.3, -0.25) is 4.79 Å². The van der Waals surface area contributed by atoms with E-state index in [1.165, 1.54) is 0 Å². The zero-order valence-electron chi connectivity index (χ0n) is 12.6. The van der Waals surface area contributed by atoms with Crippen molar-refractivity contribution in [1.82, 2.24) is 5.32 Å². The third-order valence-corrected chi connectivity index (χ3v) is 4.42. The molecule has 0 aromatic heterocycles. The highest BCUT2D eigenvalue weighted by atomic mass is 35.5. The average Bonchev–Trinajstić information content (AvgIpc) is 3.31. The number of rotatable bonds is 4. The van der Waals surface area contributed by atoms with Crippen molar-refractivity contribution in [3.8, 4) is 5.40 Å². The molecule has 0 heterocycles. The van der Waals surface area contributed by atoms with Crippen LogP contribution in [0.4, 0.5) is 13.2 Å². The summed E-state index contributed by atoms with van der Waals surface area (Å²) in [6.07, 6.45) is -4.85. The number of nitriles is 1. The van der Waals surface area contributed by atoms with Crippen LogP contribution >= 0.6 is 23.4 Å². The van der Waals surface area contributed by atoms with Crippen LogP contribution in [0.15, 0.2) is 23.1 Å². The third kappa shape index (κ3) is 4.55. The van der Waals surface area contributed by atoms with Gasteiger partial charge in [0, 0.05) is 11.4 Å². The van der Waals surface area contributed by atoms with Crippen LogP contribution in [-0.4, -0.2) is 12.1 Å². The van der Waals surface area contributed by atoms with Crippen LogP contribution in [0.1, 0.15) is 32.3 Å². The number of carbonyl (C=O) groups excluding carboxylic acids is 1. The molecule has 0 radical (unpaired) electrons. The number of alkyl halides is 3. The van der Waals surface area contributed by atoms with Gasteiger partial charge in [-0.2, -0.15) is 18.4 Å². The maximum Gasteiger partial charge on any atom is 0.403 e. The van der Waals surface area contributed by atoms with Gasteiger partial charge in [0.25, 0.3) is 0 Å². The summed E-state index contributed by atoms with van der Waals surface area (Å²) in [7, 11) is 0. The molecule has 1 aromatic rings. The van der Waals surface area contributed by atoms with Crippen molar-refractivity contribution < 1.29 is 18.0 Å². The van der Waals surface area contributed by atoms with Crippen molar-refractivity contribution in [2.75, 3.05) is 0 Å². The molecule has 1 N–H and O–H groups in total. The van der Waals surface area contributed by atoms with Gasteiger partial charge in [0.05, 0.1) is 5.02 Å². The highest BCUT2D eigenvalue weighted by Gasteiger charge is 2.68. The van der Waals surface area contributed by atoms with Crippen LogP contribution in [0.2, 0.25) is 5.02 Å². The highest BCUT2D eigenvalue weighted by molar-refractivity contribution is 8.03. The van der Waals surface area contributed by atoms with Gasteiger partial charge in [-0.05, 0) is 42.3 Å². The Balaban J connectivity index is 0.00000127. The maximum atomic E-state index is 12.8. The van der Waals surface area contributed by atoms with Crippen molar-refractivity contribution >= 4 is 29.3 Å². The van der Waals surface area contributed by atoms with Crippen molar-refractivity contribution in [3.05, 3.63) is 28.8 Å². The number of benzene rings is 1. The first-order valence-corrected chi connectivity index (χ1v) is 8.19. The van der Waals surface area contributed by atoms with E-state index in [0.29, 0.717) is 15.5 Å². The van der Waals surface area contributed by atoms with E-state index in [1.54, 1.807) is 18.2 Å². The molecule has 1 saturated carbocycles. The summed E-state index contributed by atoms with van der Waals surface area (Å²) in [5, 5.41) is 13.2. The second kappa shape index (κ2) is 7.93. The van der Waals surface area contributed by atoms with Gasteiger partial charge < -0.3 is 5.32 Å². The molecular weight excluding hydrogens is 349 g/mol. The predicted octanol–water partition coefficient (Wildman–Crippen LogP) is 4.90. The second-order valence-electron chi connectivity index (χ2n) is 4.72. The minimum absolute atomic E-state index is 0.0349. The molecule has 8 heteroatoms.